The van der Waals surface area contributed by atoms with Gasteiger partial charge >= 0.3 is 0 Å². The van der Waals surface area contributed by atoms with Gasteiger partial charge in [-0.05, 0) is 32.0 Å². The van der Waals surface area contributed by atoms with E-state index in [-0.39, 0.29) is 6.10 Å². The Balaban J connectivity index is 2.34. The Kier molecular flexibility index (Phi) is 6.50. The normalized spacial score (nSPS) is 12.4. The van der Waals surface area contributed by atoms with E-state index in [9.17, 15) is 0 Å². The van der Waals surface area contributed by atoms with E-state index in [2.05, 4.69) is 27.8 Å². The lowest BCUT2D eigenvalue weighted by molar-refractivity contribution is 0.128. The zero-order chi connectivity index (χ0) is 12.5. The topological polar surface area (TPSA) is 59.1 Å². The second-order valence-corrected chi connectivity index (χ2v) is 4.01. The summed E-state index contributed by atoms with van der Waals surface area (Å²) in [6.07, 6.45) is 1.30. The van der Waals surface area contributed by atoms with E-state index in [1.165, 1.54) is 0 Å². The monoisotopic (exact) mass is 238 g/mol. The summed E-state index contributed by atoms with van der Waals surface area (Å²) in [4.78, 5) is 0. The molecule has 0 amide bonds. The third-order valence-corrected chi connectivity index (χ3v) is 2.43. The molecule has 1 atom stereocenters. The molecule has 5 nitrogen and oxygen atoms in total. The standard InChI is InChI=1S/C12H22N4O/c1-4-7-13-9-11-5-6-12(16-15-11)14-8-10(2)17-3/h5-6,10,13H,4,7-9H2,1-3H3,(H,14,16). The van der Waals surface area contributed by atoms with Crippen LogP contribution in [-0.4, -0.2) is 36.5 Å². The second-order valence-electron chi connectivity index (χ2n) is 4.01. The van der Waals surface area contributed by atoms with Crippen LogP contribution >= 0.6 is 0 Å². The second kappa shape index (κ2) is 7.97. The highest BCUT2D eigenvalue weighted by atomic mass is 16.5. The molecule has 5 heteroatoms. The number of aromatic nitrogens is 2. The van der Waals surface area contributed by atoms with Crippen molar-refractivity contribution < 1.29 is 4.74 Å². The van der Waals surface area contributed by atoms with Crippen molar-refractivity contribution in [3.05, 3.63) is 17.8 Å². The zero-order valence-electron chi connectivity index (χ0n) is 10.9. The van der Waals surface area contributed by atoms with Crippen LogP contribution in [0.5, 0.6) is 0 Å². The number of rotatable bonds is 8. The van der Waals surface area contributed by atoms with Crippen molar-refractivity contribution in [2.75, 3.05) is 25.5 Å². The number of anilines is 1. The predicted octanol–water partition coefficient (Wildman–Crippen LogP) is 1.42. The van der Waals surface area contributed by atoms with Crippen molar-refractivity contribution in [3.63, 3.8) is 0 Å². The van der Waals surface area contributed by atoms with Gasteiger partial charge < -0.3 is 15.4 Å². The molecule has 0 aromatic carbocycles. The Morgan fingerprint density at radius 2 is 2.18 bits per heavy atom. The summed E-state index contributed by atoms with van der Waals surface area (Å²) in [5, 5.41) is 14.7. The van der Waals surface area contributed by atoms with Gasteiger partial charge in [-0.1, -0.05) is 6.92 Å². The molecule has 1 aromatic heterocycles. The van der Waals surface area contributed by atoms with Gasteiger partial charge in [0.05, 0.1) is 11.8 Å². The van der Waals surface area contributed by atoms with E-state index in [0.717, 1.165) is 37.6 Å². The molecule has 0 saturated heterocycles. The molecule has 0 fully saturated rings. The van der Waals surface area contributed by atoms with Crippen LogP contribution in [0.25, 0.3) is 0 Å². The van der Waals surface area contributed by atoms with Gasteiger partial charge in [-0.2, -0.15) is 5.10 Å². The number of ether oxygens (including phenoxy) is 1. The largest absolute Gasteiger partial charge is 0.380 e. The summed E-state index contributed by atoms with van der Waals surface area (Å²) in [7, 11) is 1.69. The fourth-order valence-electron chi connectivity index (χ4n) is 1.27. The van der Waals surface area contributed by atoms with E-state index >= 15 is 0 Å². The van der Waals surface area contributed by atoms with Crippen molar-refractivity contribution >= 4 is 5.82 Å². The quantitative estimate of drug-likeness (QED) is 0.671. The third-order valence-electron chi connectivity index (χ3n) is 2.43. The van der Waals surface area contributed by atoms with E-state index in [1.54, 1.807) is 7.11 Å². The molecule has 1 unspecified atom stereocenters. The first-order chi connectivity index (χ1) is 8.26. The molecule has 0 aliphatic heterocycles. The van der Waals surface area contributed by atoms with Gasteiger partial charge in [0.25, 0.3) is 0 Å². The van der Waals surface area contributed by atoms with Gasteiger partial charge in [-0.15, -0.1) is 5.10 Å². The molecule has 96 valence electrons. The first kappa shape index (κ1) is 13.9. The van der Waals surface area contributed by atoms with Crippen LogP contribution in [0.2, 0.25) is 0 Å². The Morgan fingerprint density at radius 1 is 1.35 bits per heavy atom. The molecule has 2 N–H and O–H groups in total. The summed E-state index contributed by atoms with van der Waals surface area (Å²) in [6.45, 7) is 6.66. The van der Waals surface area contributed by atoms with Gasteiger partial charge in [0, 0.05) is 20.2 Å². The number of hydrogen-bond acceptors (Lipinski definition) is 5. The molecule has 1 rings (SSSR count). The van der Waals surface area contributed by atoms with Crippen LogP contribution in [-0.2, 0) is 11.3 Å². The average Bonchev–Trinajstić information content (AvgIpc) is 2.37. The van der Waals surface area contributed by atoms with Crippen LogP contribution in [0.1, 0.15) is 26.0 Å². The molecular weight excluding hydrogens is 216 g/mol. The Bertz CT molecular complexity index is 302. The van der Waals surface area contributed by atoms with Crippen LogP contribution < -0.4 is 10.6 Å². The molecular formula is C12H22N4O. The van der Waals surface area contributed by atoms with Crippen LogP contribution in [0.3, 0.4) is 0 Å². The van der Waals surface area contributed by atoms with Crippen LogP contribution in [0, 0.1) is 0 Å². The van der Waals surface area contributed by atoms with E-state index in [1.807, 2.05) is 19.1 Å². The number of nitrogens with one attached hydrogen (secondary N) is 2. The summed E-state index contributed by atoms with van der Waals surface area (Å²) < 4.78 is 5.14. The highest BCUT2D eigenvalue weighted by Gasteiger charge is 2.01. The minimum Gasteiger partial charge on any atom is -0.380 e. The molecule has 17 heavy (non-hydrogen) atoms. The minimum atomic E-state index is 0.169. The molecule has 0 radical (unpaired) electrons. The lowest BCUT2D eigenvalue weighted by Crippen LogP contribution is -2.19. The van der Waals surface area contributed by atoms with Crippen LogP contribution in [0.15, 0.2) is 12.1 Å². The third kappa shape index (κ3) is 5.60. The smallest absolute Gasteiger partial charge is 0.148 e. The summed E-state index contributed by atoms with van der Waals surface area (Å²) >= 11 is 0. The van der Waals surface area contributed by atoms with Gasteiger partial charge in [-0.3, -0.25) is 0 Å². The van der Waals surface area contributed by atoms with Crippen molar-refractivity contribution in [2.45, 2.75) is 32.9 Å². The Morgan fingerprint density at radius 3 is 2.76 bits per heavy atom. The Labute approximate surface area is 103 Å². The van der Waals surface area contributed by atoms with Gasteiger partial charge in [-0.25, -0.2) is 0 Å². The van der Waals surface area contributed by atoms with Gasteiger partial charge in [0.15, 0.2) is 0 Å². The molecule has 0 saturated carbocycles. The van der Waals surface area contributed by atoms with Gasteiger partial charge in [0.2, 0.25) is 0 Å². The van der Waals surface area contributed by atoms with Crippen molar-refractivity contribution in [2.24, 2.45) is 0 Å². The fraction of sp³-hybridized carbons (Fsp3) is 0.667. The van der Waals surface area contributed by atoms with Crippen molar-refractivity contribution in [1.82, 2.24) is 15.5 Å². The molecule has 0 spiro atoms. The average molecular weight is 238 g/mol. The maximum atomic E-state index is 5.14. The number of methoxy groups -OCH3 is 1. The van der Waals surface area contributed by atoms with Crippen molar-refractivity contribution in [1.29, 1.82) is 0 Å². The molecule has 1 aromatic rings. The SMILES string of the molecule is CCCNCc1ccc(NCC(C)OC)nn1. The number of nitrogens with zero attached hydrogens (tertiary/aromatic N) is 2. The van der Waals surface area contributed by atoms with Crippen molar-refractivity contribution in [3.8, 4) is 0 Å². The van der Waals surface area contributed by atoms with Crippen LogP contribution in [0.4, 0.5) is 5.82 Å². The van der Waals surface area contributed by atoms with E-state index in [4.69, 9.17) is 4.74 Å². The highest BCUT2D eigenvalue weighted by molar-refractivity contribution is 5.32. The first-order valence-corrected chi connectivity index (χ1v) is 6.06. The fourth-order valence-corrected chi connectivity index (χ4v) is 1.27. The summed E-state index contributed by atoms with van der Waals surface area (Å²) in [6, 6.07) is 3.92. The maximum absolute atomic E-state index is 5.14. The number of hydrogen-bond donors (Lipinski definition) is 2. The molecule has 0 aliphatic carbocycles. The lowest BCUT2D eigenvalue weighted by Gasteiger charge is -2.10. The van der Waals surface area contributed by atoms with E-state index in [0.29, 0.717) is 0 Å². The summed E-state index contributed by atoms with van der Waals surface area (Å²) in [5.74, 6) is 0.785. The highest BCUT2D eigenvalue weighted by Crippen LogP contribution is 2.02. The first-order valence-electron chi connectivity index (χ1n) is 6.06. The zero-order valence-corrected chi connectivity index (χ0v) is 10.9. The Hall–Kier alpha value is -1.20. The maximum Gasteiger partial charge on any atom is 0.148 e. The van der Waals surface area contributed by atoms with E-state index < -0.39 is 0 Å². The molecule has 0 aliphatic rings. The predicted molar refractivity (Wildman–Crippen MR) is 69.0 cm³/mol. The van der Waals surface area contributed by atoms with Gasteiger partial charge in [0.1, 0.15) is 5.82 Å². The molecule has 0 bridgehead atoms. The minimum absolute atomic E-state index is 0.169. The summed E-state index contributed by atoms with van der Waals surface area (Å²) in [5.41, 5.74) is 0.962. The lowest BCUT2D eigenvalue weighted by atomic mass is 10.3. The molecule has 1 heterocycles.